The summed E-state index contributed by atoms with van der Waals surface area (Å²) < 4.78 is 10.4. The standard InChI is InChI=1S/C23H16O4/c1-23(2)26-21(24)18(22(25)27-23)12-16-9-8-15-7-6-13-4-3-5-14-10-11-17(16)20(15)19(13)14/h3-12H,1-2H3. The van der Waals surface area contributed by atoms with E-state index < -0.39 is 17.7 Å². The molecule has 132 valence electrons. The molecule has 1 aliphatic heterocycles. The van der Waals surface area contributed by atoms with E-state index in [1.165, 1.54) is 19.2 Å². The molecule has 0 radical (unpaired) electrons. The van der Waals surface area contributed by atoms with Gasteiger partial charge in [-0.2, -0.15) is 0 Å². The molecule has 0 unspecified atom stereocenters. The van der Waals surface area contributed by atoms with E-state index in [1.807, 2.05) is 24.3 Å². The second-order valence-electron chi connectivity index (χ2n) is 7.25. The first-order chi connectivity index (χ1) is 12.9. The van der Waals surface area contributed by atoms with Crippen LogP contribution in [-0.2, 0) is 19.1 Å². The molecule has 0 bridgehead atoms. The average Bonchev–Trinajstić information content (AvgIpc) is 2.62. The van der Waals surface area contributed by atoms with Crippen LogP contribution in [0.3, 0.4) is 0 Å². The number of hydrogen-bond acceptors (Lipinski definition) is 4. The van der Waals surface area contributed by atoms with Crippen LogP contribution in [-0.4, -0.2) is 17.7 Å². The first kappa shape index (κ1) is 15.8. The lowest BCUT2D eigenvalue weighted by molar-refractivity contribution is -0.222. The normalized spacial score (nSPS) is 16.7. The van der Waals surface area contributed by atoms with Gasteiger partial charge in [0, 0.05) is 13.8 Å². The first-order valence-corrected chi connectivity index (χ1v) is 8.78. The van der Waals surface area contributed by atoms with Crippen molar-refractivity contribution in [3.63, 3.8) is 0 Å². The summed E-state index contributed by atoms with van der Waals surface area (Å²) in [6.07, 6.45) is 1.56. The molecule has 0 aromatic heterocycles. The SMILES string of the molecule is CC1(C)OC(=O)C(=Cc2ccc3ccc4cccc5ccc2c3c45)C(=O)O1. The van der Waals surface area contributed by atoms with E-state index in [0.717, 1.165) is 32.5 Å². The Balaban J connectivity index is 1.77. The molecule has 4 heteroatoms. The Labute approximate surface area is 155 Å². The van der Waals surface area contributed by atoms with E-state index in [2.05, 4.69) is 30.3 Å². The number of carbonyl (C=O) groups is 2. The van der Waals surface area contributed by atoms with Gasteiger partial charge >= 0.3 is 11.9 Å². The largest absolute Gasteiger partial charge is 0.419 e. The molecular formula is C23H16O4. The fourth-order valence-corrected chi connectivity index (χ4v) is 3.82. The van der Waals surface area contributed by atoms with Gasteiger partial charge in [0.25, 0.3) is 5.79 Å². The number of hydrogen-bond donors (Lipinski definition) is 0. The zero-order chi connectivity index (χ0) is 18.8. The summed E-state index contributed by atoms with van der Waals surface area (Å²) in [7, 11) is 0. The Bertz CT molecular complexity index is 1240. The second-order valence-corrected chi connectivity index (χ2v) is 7.25. The van der Waals surface area contributed by atoms with Gasteiger partial charge in [0.2, 0.25) is 0 Å². The third-order valence-electron chi connectivity index (χ3n) is 4.98. The summed E-state index contributed by atoms with van der Waals surface area (Å²) in [6.45, 7) is 3.07. The van der Waals surface area contributed by atoms with Crippen LogP contribution in [0.5, 0.6) is 0 Å². The van der Waals surface area contributed by atoms with E-state index in [-0.39, 0.29) is 5.57 Å². The van der Waals surface area contributed by atoms with Gasteiger partial charge in [0.15, 0.2) is 0 Å². The summed E-state index contributed by atoms with van der Waals surface area (Å²) in [5.41, 5.74) is 0.689. The van der Waals surface area contributed by atoms with Crippen molar-refractivity contribution < 1.29 is 19.1 Å². The Kier molecular flexibility index (Phi) is 3.11. The molecule has 4 nitrogen and oxygen atoms in total. The van der Waals surface area contributed by atoms with Crippen molar-refractivity contribution in [3.8, 4) is 0 Å². The first-order valence-electron chi connectivity index (χ1n) is 8.78. The van der Waals surface area contributed by atoms with Crippen molar-refractivity contribution >= 4 is 50.3 Å². The quantitative estimate of drug-likeness (QED) is 0.213. The van der Waals surface area contributed by atoms with Gasteiger partial charge in [0.05, 0.1) is 0 Å². The molecular weight excluding hydrogens is 340 g/mol. The molecule has 4 aromatic rings. The Morgan fingerprint density at radius 1 is 0.741 bits per heavy atom. The lowest BCUT2D eigenvalue weighted by Crippen LogP contribution is -2.41. The van der Waals surface area contributed by atoms with Gasteiger partial charge in [-0.25, -0.2) is 9.59 Å². The van der Waals surface area contributed by atoms with Crippen LogP contribution in [0.25, 0.3) is 38.4 Å². The van der Waals surface area contributed by atoms with Gasteiger partial charge in [-0.15, -0.1) is 0 Å². The number of carbonyl (C=O) groups excluding carboxylic acids is 2. The molecule has 0 saturated carbocycles. The lowest BCUT2D eigenvalue weighted by atomic mass is 9.91. The van der Waals surface area contributed by atoms with Gasteiger partial charge in [-0.1, -0.05) is 54.6 Å². The maximum Gasteiger partial charge on any atom is 0.348 e. The highest BCUT2D eigenvalue weighted by molar-refractivity contribution is 6.25. The predicted molar refractivity (Wildman–Crippen MR) is 104 cm³/mol. The van der Waals surface area contributed by atoms with Crippen LogP contribution < -0.4 is 0 Å². The van der Waals surface area contributed by atoms with Crippen molar-refractivity contribution in [2.75, 3.05) is 0 Å². The predicted octanol–water partition coefficient (Wildman–Crippen LogP) is 4.80. The third-order valence-corrected chi connectivity index (χ3v) is 4.98. The van der Waals surface area contributed by atoms with Crippen LogP contribution in [0.2, 0.25) is 0 Å². The third kappa shape index (κ3) is 2.37. The number of ether oxygens (including phenoxy) is 2. The fourth-order valence-electron chi connectivity index (χ4n) is 3.82. The Morgan fingerprint density at radius 3 is 1.96 bits per heavy atom. The molecule has 0 spiro atoms. The molecule has 1 aliphatic rings. The van der Waals surface area contributed by atoms with Crippen LogP contribution in [0.1, 0.15) is 19.4 Å². The molecule has 4 aromatic carbocycles. The lowest BCUT2D eigenvalue weighted by Gasteiger charge is -2.29. The molecule has 0 amide bonds. The van der Waals surface area contributed by atoms with Crippen molar-refractivity contribution in [1.29, 1.82) is 0 Å². The minimum atomic E-state index is -1.24. The monoisotopic (exact) mass is 356 g/mol. The van der Waals surface area contributed by atoms with Crippen molar-refractivity contribution in [3.05, 3.63) is 65.7 Å². The number of cyclic esters (lactones) is 2. The van der Waals surface area contributed by atoms with E-state index in [9.17, 15) is 9.59 Å². The molecule has 1 saturated heterocycles. The highest BCUT2D eigenvalue weighted by atomic mass is 16.7. The molecule has 0 atom stereocenters. The van der Waals surface area contributed by atoms with E-state index in [1.54, 1.807) is 6.08 Å². The minimum absolute atomic E-state index is 0.0932. The summed E-state index contributed by atoms with van der Waals surface area (Å²) in [5.74, 6) is -2.57. The van der Waals surface area contributed by atoms with Gasteiger partial charge in [-0.3, -0.25) is 0 Å². The van der Waals surface area contributed by atoms with Crippen LogP contribution in [0, 0.1) is 0 Å². The van der Waals surface area contributed by atoms with Gasteiger partial charge < -0.3 is 9.47 Å². The van der Waals surface area contributed by atoms with E-state index >= 15 is 0 Å². The zero-order valence-electron chi connectivity index (χ0n) is 14.9. The van der Waals surface area contributed by atoms with Gasteiger partial charge in [0.1, 0.15) is 5.57 Å². The molecule has 1 fully saturated rings. The molecule has 27 heavy (non-hydrogen) atoms. The average molecular weight is 356 g/mol. The maximum absolute atomic E-state index is 12.3. The smallest absolute Gasteiger partial charge is 0.348 e. The summed E-state index contributed by atoms with van der Waals surface area (Å²) >= 11 is 0. The maximum atomic E-state index is 12.3. The van der Waals surface area contributed by atoms with Gasteiger partial charge in [-0.05, 0) is 44.0 Å². The summed E-state index contributed by atoms with van der Waals surface area (Å²) in [4.78, 5) is 24.6. The van der Waals surface area contributed by atoms with Crippen molar-refractivity contribution in [2.24, 2.45) is 0 Å². The van der Waals surface area contributed by atoms with E-state index in [4.69, 9.17) is 9.47 Å². The number of rotatable bonds is 1. The highest BCUT2D eigenvalue weighted by Gasteiger charge is 2.38. The zero-order valence-corrected chi connectivity index (χ0v) is 14.9. The van der Waals surface area contributed by atoms with Crippen LogP contribution in [0.15, 0.2) is 60.2 Å². The number of benzene rings is 4. The Hall–Kier alpha value is -3.40. The number of esters is 2. The molecule has 0 N–H and O–H groups in total. The van der Waals surface area contributed by atoms with E-state index in [0.29, 0.717) is 0 Å². The molecule has 0 aliphatic carbocycles. The van der Waals surface area contributed by atoms with Crippen LogP contribution in [0.4, 0.5) is 0 Å². The molecule has 5 rings (SSSR count). The van der Waals surface area contributed by atoms with Crippen molar-refractivity contribution in [2.45, 2.75) is 19.6 Å². The van der Waals surface area contributed by atoms with Crippen molar-refractivity contribution in [1.82, 2.24) is 0 Å². The summed E-state index contributed by atoms with van der Waals surface area (Å²) in [5, 5.41) is 6.73. The fraction of sp³-hybridized carbons (Fsp3) is 0.130. The topological polar surface area (TPSA) is 52.6 Å². The van der Waals surface area contributed by atoms with Crippen LogP contribution >= 0.6 is 0 Å². The second kappa shape index (κ2) is 5.30. The summed E-state index contributed by atoms with van der Waals surface area (Å²) in [6, 6.07) is 18.4. The minimum Gasteiger partial charge on any atom is -0.419 e. The Morgan fingerprint density at radius 2 is 1.30 bits per heavy atom. The highest BCUT2D eigenvalue weighted by Crippen LogP contribution is 2.37. The molecule has 1 heterocycles.